The summed E-state index contributed by atoms with van der Waals surface area (Å²) in [6, 6.07) is -0.558. The van der Waals surface area contributed by atoms with E-state index in [9.17, 15) is 14.4 Å². The van der Waals surface area contributed by atoms with Gasteiger partial charge >= 0.3 is 12.1 Å². The number of hydrogen-bond donors (Lipinski definition) is 4. The minimum absolute atomic E-state index is 0.0869. The van der Waals surface area contributed by atoms with Crippen LogP contribution in [0.4, 0.5) is 9.59 Å². The first kappa shape index (κ1) is 10.7. The predicted molar refractivity (Wildman–Crippen MR) is 52.8 cm³/mol. The van der Waals surface area contributed by atoms with Gasteiger partial charge in [0, 0.05) is 0 Å². The van der Waals surface area contributed by atoms with Gasteiger partial charge in [0.05, 0.1) is 6.54 Å². The summed E-state index contributed by atoms with van der Waals surface area (Å²) in [6.07, 6.45) is 1.34. The summed E-state index contributed by atoms with van der Waals surface area (Å²) in [5.74, 6) is -0.0436. The minimum Gasteiger partial charge on any atom is -0.465 e. The van der Waals surface area contributed by atoms with E-state index in [0.29, 0.717) is 12.3 Å². The third kappa shape index (κ3) is 2.07. The first-order valence-electron chi connectivity index (χ1n) is 5.12. The third-order valence-electron chi connectivity index (χ3n) is 2.89. The van der Waals surface area contributed by atoms with E-state index >= 15 is 0 Å². The van der Waals surface area contributed by atoms with Crippen LogP contribution in [0.1, 0.15) is 19.3 Å². The zero-order valence-electron chi connectivity index (χ0n) is 8.58. The van der Waals surface area contributed by atoms with Crippen molar-refractivity contribution in [3.05, 3.63) is 0 Å². The highest BCUT2D eigenvalue weighted by Crippen LogP contribution is 2.37. The summed E-state index contributed by atoms with van der Waals surface area (Å²) in [5.41, 5.74) is -1.10. The van der Waals surface area contributed by atoms with E-state index in [2.05, 4.69) is 16.0 Å². The zero-order chi connectivity index (χ0) is 11.8. The number of nitrogens with one attached hydrogen (secondary N) is 3. The van der Waals surface area contributed by atoms with Crippen LogP contribution in [0.15, 0.2) is 0 Å². The smallest absolute Gasteiger partial charge is 0.404 e. The molecule has 1 saturated carbocycles. The Kier molecular flexibility index (Phi) is 2.45. The number of amides is 4. The van der Waals surface area contributed by atoms with Crippen molar-refractivity contribution in [1.82, 2.24) is 16.0 Å². The van der Waals surface area contributed by atoms with Crippen LogP contribution in [-0.4, -0.2) is 35.2 Å². The van der Waals surface area contributed by atoms with Gasteiger partial charge in [-0.3, -0.25) is 10.1 Å². The second-order valence-electron chi connectivity index (χ2n) is 4.30. The summed E-state index contributed by atoms with van der Waals surface area (Å²) in [7, 11) is 0. The number of imide groups is 1. The lowest BCUT2D eigenvalue weighted by Gasteiger charge is -2.25. The van der Waals surface area contributed by atoms with Gasteiger partial charge in [-0.15, -0.1) is 0 Å². The van der Waals surface area contributed by atoms with Crippen LogP contribution < -0.4 is 16.0 Å². The molecule has 0 aromatic heterocycles. The van der Waals surface area contributed by atoms with Gasteiger partial charge in [-0.05, 0) is 12.3 Å². The molecule has 7 nitrogen and oxygen atoms in total. The minimum atomic E-state index is -1.20. The Morgan fingerprint density at radius 1 is 1.50 bits per heavy atom. The van der Waals surface area contributed by atoms with Gasteiger partial charge < -0.3 is 15.7 Å². The van der Waals surface area contributed by atoms with E-state index in [1.165, 1.54) is 0 Å². The Morgan fingerprint density at radius 2 is 2.19 bits per heavy atom. The molecule has 4 amide bonds. The van der Waals surface area contributed by atoms with Gasteiger partial charge in [0.25, 0.3) is 5.91 Å². The molecule has 0 aromatic carbocycles. The normalized spacial score (nSPS) is 28.5. The third-order valence-corrected chi connectivity index (χ3v) is 2.89. The lowest BCUT2D eigenvalue weighted by Crippen LogP contribution is -2.55. The summed E-state index contributed by atoms with van der Waals surface area (Å²) in [6.45, 7) is -0.0869. The lowest BCUT2D eigenvalue weighted by atomic mass is 9.92. The largest absolute Gasteiger partial charge is 0.465 e. The predicted octanol–water partition coefficient (Wildman–Crippen LogP) is -0.368. The average molecular weight is 227 g/mol. The monoisotopic (exact) mass is 227 g/mol. The first-order valence-corrected chi connectivity index (χ1v) is 5.12. The van der Waals surface area contributed by atoms with Crippen LogP contribution in [0.2, 0.25) is 0 Å². The Bertz CT molecular complexity index is 353. The molecule has 1 heterocycles. The maximum atomic E-state index is 11.7. The van der Waals surface area contributed by atoms with Gasteiger partial charge in [-0.2, -0.15) is 0 Å². The highest BCUT2D eigenvalue weighted by Gasteiger charge is 2.49. The number of rotatable bonds is 4. The van der Waals surface area contributed by atoms with Crippen molar-refractivity contribution in [3.8, 4) is 0 Å². The number of hydrogen-bond acceptors (Lipinski definition) is 3. The summed E-state index contributed by atoms with van der Waals surface area (Å²) in [4.78, 5) is 33.2. The van der Waals surface area contributed by atoms with Gasteiger partial charge in [0.15, 0.2) is 0 Å². The molecule has 2 rings (SSSR count). The molecule has 16 heavy (non-hydrogen) atoms. The number of carbonyl (C=O) groups excluding carboxylic acids is 2. The van der Waals surface area contributed by atoms with E-state index in [4.69, 9.17) is 5.11 Å². The number of carbonyl (C=O) groups is 3. The summed E-state index contributed by atoms with van der Waals surface area (Å²) >= 11 is 0. The van der Waals surface area contributed by atoms with Crippen LogP contribution in [0, 0.1) is 5.92 Å². The zero-order valence-corrected chi connectivity index (χ0v) is 8.58. The van der Waals surface area contributed by atoms with Gasteiger partial charge in [-0.1, -0.05) is 12.8 Å². The Labute approximate surface area is 91.6 Å². The first-order chi connectivity index (χ1) is 7.52. The fourth-order valence-electron chi connectivity index (χ4n) is 1.91. The van der Waals surface area contributed by atoms with E-state index in [1.54, 1.807) is 0 Å². The number of urea groups is 1. The van der Waals surface area contributed by atoms with Crippen molar-refractivity contribution in [2.75, 3.05) is 6.54 Å². The van der Waals surface area contributed by atoms with Crippen LogP contribution in [0.5, 0.6) is 0 Å². The molecule has 0 spiro atoms. The second-order valence-corrected chi connectivity index (χ2v) is 4.30. The quantitative estimate of drug-likeness (QED) is 0.491. The topological polar surface area (TPSA) is 108 Å². The molecule has 2 fully saturated rings. The van der Waals surface area contributed by atoms with E-state index in [-0.39, 0.29) is 6.54 Å². The molecule has 0 radical (unpaired) electrons. The van der Waals surface area contributed by atoms with Gasteiger partial charge in [-0.25, -0.2) is 9.59 Å². The Balaban J connectivity index is 2.07. The molecule has 2 aliphatic rings. The van der Waals surface area contributed by atoms with Gasteiger partial charge in [0.2, 0.25) is 0 Å². The molecule has 1 atom stereocenters. The SMILES string of the molecule is O=C(O)NCC1(CC2CC2)NC(=O)NC1=O. The number of carboxylic acid groups (broad SMARTS) is 1. The van der Waals surface area contributed by atoms with Crippen molar-refractivity contribution < 1.29 is 19.5 Å². The maximum Gasteiger partial charge on any atom is 0.404 e. The Morgan fingerprint density at radius 3 is 2.62 bits per heavy atom. The van der Waals surface area contributed by atoms with Gasteiger partial charge in [0.1, 0.15) is 5.54 Å². The van der Waals surface area contributed by atoms with Crippen LogP contribution >= 0.6 is 0 Å². The van der Waals surface area contributed by atoms with Crippen LogP contribution in [0.25, 0.3) is 0 Å². The molecule has 7 heteroatoms. The average Bonchev–Trinajstić information content (AvgIpc) is 2.92. The molecule has 88 valence electrons. The molecule has 1 unspecified atom stereocenters. The van der Waals surface area contributed by atoms with Crippen LogP contribution in [0.3, 0.4) is 0 Å². The Hall–Kier alpha value is -1.79. The standard InChI is InChI=1S/C9H13N3O4/c13-6-9(3-5-1-2-5,4-10-8(15)16)12-7(14)11-6/h5,10H,1-4H2,(H,15,16)(H2,11,12,13,14). The van der Waals surface area contributed by atoms with E-state index in [0.717, 1.165) is 12.8 Å². The molecule has 0 bridgehead atoms. The summed E-state index contributed by atoms with van der Waals surface area (Å²) in [5, 5.41) is 15.3. The highest BCUT2D eigenvalue weighted by molar-refractivity contribution is 6.07. The molecule has 4 N–H and O–H groups in total. The summed E-state index contributed by atoms with van der Waals surface area (Å²) < 4.78 is 0. The molecule has 1 saturated heterocycles. The van der Waals surface area contributed by atoms with Crippen molar-refractivity contribution >= 4 is 18.0 Å². The van der Waals surface area contributed by atoms with Crippen molar-refractivity contribution in [3.63, 3.8) is 0 Å². The fraction of sp³-hybridized carbons (Fsp3) is 0.667. The molecule has 1 aliphatic carbocycles. The van der Waals surface area contributed by atoms with E-state index < -0.39 is 23.6 Å². The molecule has 0 aromatic rings. The highest BCUT2D eigenvalue weighted by atomic mass is 16.4. The molecular formula is C9H13N3O4. The van der Waals surface area contributed by atoms with Crippen molar-refractivity contribution in [1.29, 1.82) is 0 Å². The second kappa shape index (κ2) is 3.66. The van der Waals surface area contributed by atoms with Crippen molar-refractivity contribution in [2.45, 2.75) is 24.8 Å². The fourth-order valence-corrected chi connectivity index (χ4v) is 1.91. The lowest BCUT2D eigenvalue weighted by molar-refractivity contribution is -0.124. The van der Waals surface area contributed by atoms with Crippen LogP contribution in [-0.2, 0) is 4.79 Å². The molecular weight excluding hydrogens is 214 g/mol. The maximum absolute atomic E-state index is 11.7. The molecule has 1 aliphatic heterocycles. The van der Waals surface area contributed by atoms with Crippen molar-refractivity contribution in [2.24, 2.45) is 5.92 Å². The van der Waals surface area contributed by atoms with E-state index in [1.807, 2.05) is 0 Å².